The van der Waals surface area contributed by atoms with E-state index in [4.69, 9.17) is 16.3 Å². The molecule has 1 heterocycles. The first kappa shape index (κ1) is 15.3. The molecule has 0 spiro atoms. The van der Waals surface area contributed by atoms with E-state index in [0.29, 0.717) is 12.1 Å². The number of ether oxygens (including phenoxy) is 1. The summed E-state index contributed by atoms with van der Waals surface area (Å²) in [5.74, 6) is 0.224. The van der Waals surface area contributed by atoms with Crippen LogP contribution in [0.3, 0.4) is 0 Å². The third-order valence-electron chi connectivity index (χ3n) is 3.70. The summed E-state index contributed by atoms with van der Waals surface area (Å²) in [6.07, 6.45) is 2.41. The highest BCUT2D eigenvalue weighted by molar-refractivity contribution is 6.31. The number of nitrogens with zero attached hydrogens (tertiary/aromatic N) is 3. The zero-order valence-corrected chi connectivity index (χ0v) is 13.2. The number of nitro groups is 1. The lowest BCUT2D eigenvalue weighted by Crippen LogP contribution is -2.01. The van der Waals surface area contributed by atoms with Gasteiger partial charge < -0.3 is 9.30 Å². The van der Waals surface area contributed by atoms with E-state index in [9.17, 15) is 10.1 Å². The van der Waals surface area contributed by atoms with Crippen molar-refractivity contribution in [1.82, 2.24) is 9.55 Å². The molecule has 23 heavy (non-hydrogen) atoms. The minimum Gasteiger partial charge on any atom is -0.490 e. The molecule has 0 aliphatic rings. The van der Waals surface area contributed by atoms with Crippen molar-refractivity contribution in [3.05, 3.63) is 63.4 Å². The van der Waals surface area contributed by atoms with Gasteiger partial charge in [0, 0.05) is 23.7 Å². The molecule has 0 amide bonds. The normalized spacial score (nSPS) is 10.9. The third-order valence-corrected chi connectivity index (χ3v) is 4.07. The number of hydrogen-bond acceptors (Lipinski definition) is 4. The molecular formula is C16H14ClN3O3. The molecular weight excluding hydrogens is 318 g/mol. The SMILES string of the molecule is COc1cc2c(cc1[N+](=O)[O-])ncn2CCc1ccccc1Cl. The summed E-state index contributed by atoms with van der Waals surface area (Å²) in [6, 6.07) is 10.7. The number of halogens is 1. The van der Waals surface area contributed by atoms with Crippen LogP contribution in [0.1, 0.15) is 5.56 Å². The average Bonchev–Trinajstić information content (AvgIpc) is 2.95. The number of fused-ring (bicyclic) bond motifs is 1. The Morgan fingerprint density at radius 2 is 2.13 bits per heavy atom. The zero-order chi connectivity index (χ0) is 16.4. The maximum Gasteiger partial charge on any atom is 0.313 e. The second-order valence-corrected chi connectivity index (χ2v) is 5.46. The van der Waals surface area contributed by atoms with Gasteiger partial charge in [-0.25, -0.2) is 4.98 Å². The smallest absolute Gasteiger partial charge is 0.313 e. The summed E-state index contributed by atoms with van der Waals surface area (Å²) in [5.41, 5.74) is 2.32. The van der Waals surface area contributed by atoms with Gasteiger partial charge in [0.2, 0.25) is 0 Å². The van der Waals surface area contributed by atoms with Crippen LogP contribution in [0, 0.1) is 10.1 Å². The summed E-state index contributed by atoms with van der Waals surface area (Å²) in [6.45, 7) is 0.668. The van der Waals surface area contributed by atoms with Crippen molar-refractivity contribution in [1.29, 1.82) is 0 Å². The Balaban J connectivity index is 1.93. The molecule has 0 radical (unpaired) electrons. The van der Waals surface area contributed by atoms with Crippen molar-refractivity contribution in [2.75, 3.05) is 7.11 Å². The Morgan fingerprint density at radius 3 is 2.83 bits per heavy atom. The van der Waals surface area contributed by atoms with Crippen LogP contribution in [-0.4, -0.2) is 21.6 Å². The molecule has 0 atom stereocenters. The van der Waals surface area contributed by atoms with Crippen molar-refractivity contribution < 1.29 is 9.66 Å². The van der Waals surface area contributed by atoms with Gasteiger partial charge in [0.1, 0.15) is 0 Å². The second-order valence-electron chi connectivity index (χ2n) is 5.05. The summed E-state index contributed by atoms with van der Waals surface area (Å²) in [7, 11) is 1.42. The lowest BCUT2D eigenvalue weighted by molar-refractivity contribution is -0.385. The van der Waals surface area contributed by atoms with E-state index >= 15 is 0 Å². The first-order valence-corrected chi connectivity index (χ1v) is 7.38. The van der Waals surface area contributed by atoms with Gasteiger partial charge in [0.15, 0.2) is 5.75 Å². The molecule has 0 aliphatic carbocycles. The fraction of sp³-hybridized carbons (Fsp3) is 0.188. The zero-order valence-electron chi connectivity index (χ0n) is 12.4. The number of rotatable bonds is 5. The van der Waals surface area contributed by atoms with E-state index in [1.165, 1.54) is 13.2 Å². The van der Waals surface area contributed by atoms with Crippen molar-refractivity contribution in [3.63, 3.8) is 0 Å². The Morgan fingerprint density at radius 1 is 1.35 bits per heavy atom. The Bertz CT molecular complexity index is 876. The fourth-order valence-electron chi connectivity index (χ4n) is 2.50. The van der Waals surface area contributed by atoms with Crippen LogP contribution in [0.15, 0.2) is 42.7 Å². The topological polar surface area (TPSA) is 70.2 Å². The molecule has 118 valence electrons. The van der Waals surface area contributed by atoms with E-state index in [2.05, 4.69) is 4.98 Å². The number of methoxy groups -OCH3 is 1. The largest absolute Gasteiger partial charge is 0.490 e. The number of nitro benzene ring substituents is 1. The Labute approximate surface area is 137 Å². The van der Waals surface area contributed by atoms with Crippen molar-refractivity contribution in [2.45, 2.75) is 13.0 Å². The third kappa shape index (κ3) is 2.98. The molecule has 0 saturated carbocycles. The van der Waals surface area contributed by atoms with Gasteiger partial charge in [0.25, 0.3) is 0 Å². The van der Waals surface area contributed by atoms with Gasteiger partial charge in [-0.15, -0.1) is 0 Å². The second kappa shape index (κ2) is 6.26. The molecule has 1 aromatic heterocycles. The fourth-order valence-corrected chi connectivity index (χ4v) is 2.73. The number of aryl methyl sites for hydroxylation is 2. The number of imidazole rings is 1. The maximum atomic E-state index is 11.1. The van der Waals surface area contributed by atoms with Crippen molar-refractivity contribution in [2.24, 2.45) is 0 Å². The van der Waals surface area contributed by atoms with Gasteiger partial charge in [-0.05, 0) is 18.1 Å². The van der Waals surface area contributed by atoms with E-state index in [-0.39, 0.29) is 11.4 Å². The lowest BCUT2D eigenvalue weighted by Gasteiger charge is -2.07. The molecule has 0 unspecified atom stereocenters. The van der Waals surface area contributed by atoms with Gasteiger partial charge in [-0.3, -0.25) is 10.1 Å². The van der Waals surface area contributed by atoms with Crippen molar-refractivity contribution in [3.8, 4) is 5.75 Å². The molecule has 6 nitrogen and oxygen atoms in total. The van der Waals surface area contributed by atoms with Gasteiger partial charge in [-0.1, -0.05) is 29.8 Å². The van der Waals surface area contributed by atoms with Crippen LogP contribution in [0.25, 0.3) is 11.0 Å². The monoisotopic (exact) mass is 331 g/mol. The summed E-state index contributed by atoms with van der Waals surface area (Å²) >= 11 is 6.17. The summed E-state index contributed by atoms with van der Waals surface area (Å²) < 4.78 is 7.05. The van der Waals surface area contributed by atoms with Crippen LogP contribution in [0.2, 0.25) is 5.02 Å². The molecule has 7 heteroatoms. The Kier molecular flexibility index (Phi) is 4.16. The van der Waals surface area contributed by atoms with E-state index in [1.54, 1.807) is 12.4 Å². The highest BCUT2D eigenvalue weighted by atomic mass is 35.5. The first-order chi connectivity index (χ1) is 11.1. The van der Waals surface area contributed by atoms with E-state index in [0.717, 1.165) is 22.5 Å². The molecule has 0 bridgehead atoms. The standard InChI is InChI=1S/C16H14ClN3O3/c1-23-16-9-14-13(8-15(16)20(21)22)18-10-19(14)7-6-11-4-2-3-5-12(11)17/h2-5,8-10H,6-7H2,1H3. The molecule has 0 N–H and O–H groups in total. The van der Waals surface area contributed by atoms with E-state index in [1.807, 2.05) is 28.8 Å². The summed E-state index contributed by atoms with van der Waals surface area (Å²) in [4.78, 5) is 14.8. The average molecular weight is 332 g/mol. The van der Waals surface area contributed by atoms with Crippen LogP contribution in [-0.2, 0) is 13.0 Å². The molecule has 0 fully saturated rings. The predicted octanol–water partition coefficient (Wildman–Crippen LogP) is 3.85. The highest BCUT2D eigenvalue weighted by Crippen LogP contribution is 2.31. The molecule has 0 aliphatic heterocycles. The highest BCUT2D eigenvalue weighted by Gasteiger charge is 2.18. The van der Waals surface area contributed by atoms with Crippen LogP contribution >= 0.6 is 11.6 Å². The van der Waals surface area contributed by atoms with Crippen LogP contribution in [0.4, 0.5) is 5.69 Å². The first-order valence-electron chi connectivity index (χ1n) is 7.01. The van der Waals surface area contributed by atoms with Crippen molar-refractivity contribution >= 4 is 28.3 Å². The predicted molar refractivity (Wildman–Crippen MR) is 88.1 cm³/mol. The molecule has 3 aromatic rings. The maximum absolute atomic E-state index is 11.1. The number of hydrogen-bond donors (Lipinski definition) is 0. The molecule has 3 rings (SSSR count). The van der Waals surface area contributed by atoms with Crippen LogP contribution in [0.5, 0.6) is 5.75 Å². The van der Waals surface area contributed by atoms with E-state index < -0.39 is 4.92 Å². The van der Waals surface area contributed by atoms with Crippen LogP contribution < -0.4 is 4.74 Å². The minimum absolute atomic E-state index is 0.0867. The quantitative estimate of drug-likeness (QED) is 0.526. The number of aromatic nitrogens is 2. The Hall–Kier alpha value is -2.60. The van der Waals surface area contributed by atoms with Gasteiger partial charge in [-0.2, -0.15) is 0 Å². The summed E-state index contributed by atoms with van der Waals surface area (Å²) in [5, 5.41) is 11.8. The lowest BCUT2D eigenvalue weighted by atomic mass is 10.1. The minimum atomic E-state index is -0.471. The van der Waals surface area contributed by atoms with Gasteiger partial charge in [0.05, 0.1) is 29.4 Å². The molecule has 2 aromatic carbocycles. The van der Waals surface area contributed by atoms with Gasteiger partial charge >= 0.3 is 5.69 Å². The molecule has 0 saturated heterocycles. The number of benzene rings is 2.